The Morgan fingerprint density at radius 2 is 1.94 bits per heavy atom. The van der Waals surface area contributed by atoms with Crippen molar-refractivity contribution in [2.45, 2.75) is 33.2 Å². The quantitative estimate of drug-likeness (QED) is 0.631. The Morgan fingerprint density at radius 1 is 1.31 bits per heavy atom. The molecule has 1 amide bonds. The Balaban J connectivity index is 2.49. The van der Waals surface area contributed by atoms with Gasteiger partial charge in [-0.15, -0.1) is 0 Å². The van der Waals surface area contributed by atoms with Gasteiger partial charge in [0.1, 0.15) is 0 Å². The van der Waals surface area contributed by atoms with Crippen molar-refractivity contribution >= 4 is 11.9 Å². The fourth-order valence-corrected chi connectivity index (χ4v) is 1.64. The van der Waals surface area contributed by atoms with Gasteiger partial charge >= 0.3 is 5.97 Å². The van der Waals surface area contributed by atoms with Crippen LogP contribution in [0.25, 0.3) is 0 Å². The molecule has 3 N–H and O–H groups in total. The molecule has 1 rings (SSSR count). The van der Waals surface area contributed by atoms with E-state index in [0.29, 0.717) is 19.5 Å². The van der Waals surface area contributed by atoms with Crippen LogP contribution >= 0.6 is 0 Å². The minimum absolute atomic E-state index is 0.0367. The summed E-state index contributed by atoms with van der Waals surface area (Å²) in [5.74, 6) is -1.24. The van der Waals surface area contributed by atoms with Crippen LogP contribution in [-0.4, -0.2) is 36.1 Å². The number of carbonyl (C=O) groups is 2. The third-order valence-electron chi connectivity index (χ3n) is 2.72. The zero-order valence-corrected chi connectivity index (χ0v) is 10.0. The van der Waals surface area contributed by atoms with E-state index in [0.717, 1.165) is 0 Å². The van der Waals surface area contributed by atoms with E-state index in [9.17, 15) is 9.59 Å². The van der Waals surface area contributed by atoms with Gasteiger partial charge in [0.05, 0.1) is 5.92 Å². The molecule has 0 aromatic rings. The van der Waals surface area contributed by atoms with Crippen molar-refractivity contribution in [2.24, 2.45) is 11.3 Å². The molecule has 1 saturated heterocycles. The molecule has 0 saturated carbocycles. The van der Waals surface area contributed by atoms with Gasteiger partial charge in [-0.1, -0.05) is 20.8 Å². The highest BCUT2D eigenvalue weighted by Gasteiger charge is 2.30. The molecule has 1 aliphatic rings. The van der Waals surface area contributed by atoms with Crippen LogP contribution in [0.5, 0.6) is 0 Å². The third-order valence-corrected chi connectivity index (χ3v) is 2.72. The van der Waals surface area contributed by atoms with Gasteiger partial charge in [-0.05, 0) is 6.42 Å². The standard InChI is InChI=1S/C11H20N2O3/c1-11(2,3)10(16)13-8-4-7(9(14)15)5-12-6-8/h7-8,12H,4-6H2,1-3H3,(H,13,16)(H,14,15)/t7-,8+/m1/s1. The normalized spacial score (nSPS) is 26.2. The van der Waals surface area contributed by atoms with Crippen molar-refractivity contribution in [3.05, 3.63) is 0 Å². The number of hydrogen-bond donors (Lipinski definition) is 3. The molecule has 0 bridgehead atoms. The maximum absolute atomic E-state index is 11.7. The van der Waals surface area contributed by atoms with Gasteiger partial charge in [-0.2, -0.15) is 0 Å². The molecule has 5 heteroatoms. The molecule has 1 aliphatic heterocycles. The minimum Gasteiger partial charge on any atom is -0.481 e. The summed E-state index contributed by atoms with van der Waals surface area (Å²) in [5.41, 5.74) is -0.434. The van der Waals surface area contributed by atoms with Crippen molar-refractivity contribution < 1.29 is 14.7 Å². The number of aliphatic carboxylic acids is 1. The van der Waals surface area contributed by atoms with E-state index < -0.39 is 17.3 Å². The zero-order chi connectivity index (χ0) is 12.3. The molecule has 0 radical (unpaired) electrons. The first-order chi connectivity index (χ1) is 7.30. The predicted molar refractivity (Wildman–Crippen MR) is 60.0 cm³/mol. The van der Waals surface area contributed by atoms with Gasteiger partial charge in [0.25, 0.3) is 0 Å². The second-order valence-corrected chi connectivity index (χ2v) is 5.35. The Labute approximate surface area is 95.6 Å². The second kappa shape index (κ2) is 4.82. The van der Waals surface area contributed by atoms with Crippen LogP contribution in [0, 0.1) is 11.3 Å². The van der Waals surface area contributed by atoms with E-state index in [2.05, 4.69) is 10.6 Å². The lowest BCUT2D eigenvalue weighted by Crippen LogP contribution is -2.52. The summed E-state index contributed by atoms with van der Waals surface area (Å²) in [6.07, 6.45) is 0.504. The highest BCUT2D eigenvalue weighted by atomic mass is 16.4. The fraction of sp³-hybridized carbons (Fsp3) is 0.818. The van der Waals surface area contributed by atoms with Gasteiger partial charge in [-0.25, -0.2) is 0 Å². The molecule has 5 nitrogen and oxygen atoms in total. The van der Waals surface area contributed by atoms with Crippen LogP contribution in [0.4, 0.5) is 0 Å². The summed E-state index contributed by atoms with van der Waals surface area (Å²) in [6.45, 7) is 6.65. The average Bonchev–Trinajstić information content (AvgIpc) is 2.16. The fourth-order valence-electron chi connectivity index (χ4n) is 1.64. The third kappa shape index (κ3) is 3.48. The molecule has 0 aromatic heterocycles. The van der Waals surface area contributed by atoms with E-state index >= 15 is 0 Å². The minimum atomic E-state index is -0.804. The van der Waals surface area contributed by atoms with Crippen LogP contribution in [0.2, 0.25) is 0 Å². The Morgan fingerprint density at radius 3 is 2.44 bits per heavy atom. The number of carboxylic acids is 1. The monoisotopic (exact) mass is 228 g/mol. The first kappa shape index (κ1) is 13.0. The number of hydrogen-bond acceptors (Lipinski definition) is 3. The van der Waals surface area contributed by atoms with E-state index in [1.54, 1.807) is 0 Å². The topological polar surface area (TPSA) is 78.4 Å². The summed E-state index contributed by atoms with van der Waals surface area (Å²) in [5, 5.41) is 14.8. The molecule has 0 aromatic carbocycles. The maximum atomic E-state index is 11.7. The molecule has 1 heterocycles. The van der Waals surface area contributed by atoms with Crippen molar-refractivity contribution in [1.82, 2.24) is 10.6 Å². The van der Waals surface area contributed by atoms with Gasteiger partial charge in [-0.3, -0.25) is 9.59 Å². The molecular weight excluding hydrogens is 208 g/mol. The second-order valence-electron chi connectivity index (χ2n) is 5.35. The highest BCUT2D eigenvalue weighted by molar-refractivity contribution is 5.81. The lowest BCUT2D eigenvalue weighted by Gasteiger charge is -2.30. The van der Waals surface area contributed by atoms with Crippen molar-refractivity contribution in [3.8, 4) is 0 Å². The van der Waals surface area contributed by atoms with Crippen LogP contribution in [-0.2, 0) is 9.59 Å². The molecule has 16 heavy (non-hydrogen) atoms. The van der Waals surface area contributed by atoms with Gasteiger partial charge in [0.15, 0.2) is 0 Å². The summed E-state index contributed by atoms with van der Waals surface area (Å²) in [6, 6.07) is -0.0819. The van der Waals surface area contributed by atoms with E-state index in [4.69, 9.17) is 5.11 Å². The van der Waals surface area contributed by atoms with Crippen LogP contribution < -0.4 is 10.6 Å². The van der Waals surface area contributed by atoms with Crippen molar-refractivity contribution in [2.75, 3.05) is 13.1 Å². The number of amides is 1. The van der Waals surface area contributed by atoms with E-state index in [1.165, 1.54) is 0 Å². The van der Waals surface area contributed by atoms with Gasteiger partial charge in [0.2, 0.25) is 5.91 Å². The summed E-state index contributed by atoms with van der Waals surface area (Å²) >= 11 is 0. The van der Waals surface area contributed by atoms with Crippen LogP contribution in [0.3, 0.4) is 0 Å². The molecular formula is C11H20N2O3. The van der Waals surface area contributed by atoms with E-state index in [-0.39, 0.29) is 11.9 Å². The first-order valence-electron chi connectivity index (χ1n) is 5.55. The highest BCUT2D eigenvalue weighted by Crippen LogP contribution is 2.16. The van der Waals surface area contributed by atoms with Crippen LogP contribution in [0.15, 0.2) is 0 Å². The predicted octanol–water partition coefficient (Wildman–Crippen LogP) is 0.211. The lowest BCUT2D eigenvalue weighted by molar-refractivity contribution is -0.143. The maximum Gasteiger partial charge on any atom is 0.307 e. The lowest BCUT2D eigenvalue weighted by atomic mass is 9.92. The van der Waals surface area contributed by atoms with E-state index in [1.807, 2.05) is 20.8 Å². The first-order valence-corrected chi connectivity index (χ1v) is 5.55. The molecule has 0 aliphatic carbocycles. The largest absolute Gasteiger partial charge is 0.481 e. The Kier molecular flexibility index (Phi) is 3.91. The number of carbonyl (C=O) groups excluding carboxylic acids is 1. The molecule has 2 atom stereocenters. The molecule has 1 fully saturated rings. The van der Waals surface area contributed by atoms with Gasteiger partial charge in [0, 0.05) is 24.5 Å². The summed E-state index contributed by atoms with van der Waals surface area (Å²) in [7, 11) is 0. The number of carboxylic acid groups (broad SMARTS) is 1. The number of rotatable bonds is 2. The van der Waals surface area contributed by atoms with Crippen molar-refractivity contribution in [3.63, 3.8) is 0 Å². The zero-order valence-electron chi connectivity index (χ0n) is 10.0. The van der Waals surface area contributed by atoms with Crippen molar-refractivity contribution in [1.29, 1.82) is 0 Å². The Hall–Kier alpha value is -1.10. The molecule has 92 valence electrons. The molecule has 0 spiro atoms. The summed E-state index contributed by atoms with van der Waals surface area (Å²) < 4.78 is 0. The SMILES string of the molecule is CC(C)(C)C(=O)N[C@@H]1CNC[C@H](C(=O)O)C1. The van der Waals surface area contributed by atoms with Gasteiger partial charge < -0.3 is 15.7 Å². The Bertz CT molecular complexity index is 283. The smallest absolute Gasteiger partial charge is 0.307 e. The van der Waals surface area contributed by atoms with Crippen LogP contribution in [0.1, 0.15) is 27.2 Å². The number of piperidine rings is 1. The average molecular weight is 228 g/mol. The summed E-state index contributed by atoms with van der Waals surface area (Å²) in [4.78, 5) is 22.6. The molecule has 0 unspecified atom stereocenters. The number of nitrogens with one attached hydrogen (secondary N) is 2.